The Morgan fingerprint density at radius 1 is 1.18 bits per heavy atom. The van der Waals surface area contributed by atoms with Crippen molar-refractivity contribution in [3.05, 3.63) is 91.2 Å². The average Bonchev–Trinajstić information content (AvgIpc) is 2.78. The van der Waals surface area contributed by atoms with Crippen molar-refractivity contribution in [2.24, 2.45) is 0 Å². The fraction of sp³-hybridized carbons (Fsp3) is 0.120. The van der Waals surface area contributed by atoms with Crippen LogP contribution in [-0.2, 0) is 11.4 Å². The number of carbonyl (C=O) groups is 1. The van der Waals surface area contributed by atoms with Crippen LogP contribution in [0.4, 0.5) is 10.1 Å². The molecule has 0 aliphatic heterocycles. The summed E-state index contributed by atoms with van der Waals surface area (Å²) in [6.07, 6.45) is 1.51. The number of anilines is 1. The number of nitriles is 1. The van der Waals surface area contributed by atoms with Gasteiger partial charge in [0.05, 0.1) is 14.6 Å². The van der Waals surface area contributed by atoms with Crippen LogP contribution in [0.25, 0.3) is 6.08 Å². The second-order valence-electron chi connectivity index (χ2n) is 6.81. The third-order valence-electron chi connectivity index (χ3n) is 4.40. The van der Waals surface area contributed by atoms with Crippen LogP contribution >= 0.6 is 38.5 Å². The van der Waals surface area contributed by atoms with Gasteiger partial charge in [0.15, 0.2) is 0 Å². The molecule has 1 N–H and O–H groups in total. The number of rotatable bonds is 8. The van der Waals surface area contributed by atoms with Crippen molar-refractivity contribution < 1.29 is 18.7 Å². The summed E-state index contributed by atoms with van der Waals surface area (Å²) in [6.45, 7) is 2.66. The summed E-state index contributed by atoms with van der Waals surface area (Å²) in [4.78, 5) is 12.6. The van der Waals surface area contributed by atoms with Crippen molar-refractivity contribution in [3.8, 4) is 17.6 Å². The van der Waals surface area contributed by atoms with Gasteiger partial charge < -0.3 is 14.8 Å². The Morgan fingerprint density at radius 3 is 2.61 bits per heavy atom. The van der Waals surface area contributed by atoms with Gasteiger partial charge in [0.1, 0.15) is 35.6 Å². The molecule has 3 aromatic rings. The summed E-state index contributed by atoms with van der Waals surface area (Å²) in [5, 5.41) is 12.2. The lowest BCUT2D eigenvalue weighted by Crippen LogP contribution is -2.13. The largest absolute Gasteiger partial charge is 0.494 e. The molecule has 168 valence electrons. The Bertz CT molecular complexity index is 1200. The summed E-state index contributed by atoms with van der Waals surface area (Å²) in [7, 11) is 0. The van der Waals surface area contributed by atoms with Gasteiger partial charge in [0.2, 0.25) is 0 Å². The normalized spacial score (nSPS) is 10.9. The summed E-state index contributed by atoms with van der Waals surface area (Å²) < 4.78 is 25.9. The maximum atomic E-state index is 13.1. The molecule has 0 atom stereocenters. The van der Waals surface area contributed by atoms with Gasteiger partial charge in [-0.25, -0.2) is 4.39 Å². The Balaban J connectivity index is 1.75. The van der Waals surface area contributed by atoms with E-state index in [9.17, 15) is 14.4 Å². The molecule has 0 aliphatic rings. The van der Waals surface area contributed by atoms with Gasteiger partial charge in [-0.3, -0.25) is 4.79 Å². The highest BCUT2D eigenvalue weighted by Gasteiger charge is 2.13. The van der Waals surface area contributed by atoms with Crippen LogP contribution in [0.2, 0.25) is 0 Å². The highest BCUT2D eigenvalue weighted by Crippen LogP contribution is 2.33. The molecule has 0 radical (unpaired) electrons. The number of hydrogen-bond donors (Lipinski definition) is 1. The zero-order valence-electron chi connectivity index (χ0n) is 17.6. The minimum atomic E-state index is -0.520. The fourth-order valence-corrected chi connectivity index (χ4v) is 4.65. The summed E-state index contributed by atoms with van der Waals surface area (Å²) >= 11 is 5.62. The topological polar surface area (TPSA) is 71.3 Å². The van der Waals surface area contributed by atoms with Crippen LogP contribution < -0.4 is 14.8 Å². The molecule has 0 saturated heterocycles. The molecule has 0 aromatic heterocycles. The molecule has 0 unspecified atom stereocenters. The van der Waals surface area contributed by atoms with E-state index in [1.54, 1.807) is 42.5 Å². The van der Waals surface area contributed by atoms with E-state index in [4.69, 9.17) is 9.47 Å². The molecule has 3 rings (SSSR count). The molecule has 8 heteroatoms. The van der Waals surface area contributed by atoms with Crippen LogP contribution in [0, 0.1) is 20.7 Å². The molecule has 0 heterocycles. The SMILES string of the molecule is CCOc1cccc(NC(=O)/C(C#N)=C\c2cc(Br)c(OCc3ccc(F)cc3)c(I)c2)c1. The van der Waals surface area contributed by atoms with Gasteiger partial charge in [-0.05, 0) is 99.0 Å². The molecule has 0 spiro atoms. The zero-order valence-corrected chi connectivity index (χ0v) is 21.3. The second kappa shape index (κ2) is 11.8. The predicted octanol–water partition coefficient (Wildman–Crippen LogP) is 6.72. The number of halogens is 3. The molecule has 0 saturated carbocycles. The standard InChI is InChI=1S/C25H19BrFIN2O3/c1-2-32-21-5-3-4-20(13-21)30-25(31)18(14-29)10-17-11-22(26)24(23(28)12-17)33-15-16-6-8-19(27)9-7-16/h3-13H,2,15H2,1H3,(H,30,31)/b18-10-. The van der Waals surface area contributed by atoms with Gasteiger partial charge in [0.25, 0.3) is 5.91 Å². The van der Waals surface area contributed by atoms with E-state index in [1.165, 1.54) is 18.2 Å². The number of nitrogens with one attached hydrogen (secondary N) is 1. The van der Waals surface area contributed by atoms with E-state index in [-0.39, 0.29) is 18.0 Å². The number of amides is 1. The van der Waals surface area contributed by atoms with Crippen LogP contribution in [0.15, 0.2) is 70.7 Å². The smallest absolute Gasteiger partial charge is 0.266 e. The number of ether oxygens (including phenoxy) is 2. The van der Waals surface area contributed by atoms with Gasteiger partial charge in [-0.2, -0.15) is 5.26 Å². The van der Waals surface area contributed by atoms with Gasteiger partial charge in [0, 0.05) is 11.8 Å². The summed E-state index contributed by atoms with van der Waals surface area (Å²) in [5.41, 5.74) is 1.99. The zero-order chi connectivity index (χ0) is 23.8. The highest BCUT2D eigenvalue weighted by molar-refractivity contribution is 14.1. The minimum absolute atomic E-state index is 0.0421. The molecule has 33 heavy (non-hydrogen) atoms. The molecular formula is C25H19BrFIN2O3. The maximum absolute atomic E-state index is 13.1. The minimum Gasteiger partial charge on any atom is -0.494 e. The Labute approximate surface area is 213 Å². The molecule has 0 bridgehead atoms. The van der Waals surface area contributed by atoms with Gasteiger partial charge in [-0.1, -0.05) is 18.2 Å². The third-order valence-corrected chi connectivity index (χ3v) is 5.79. The number of nitrogens with zero attached hydrogens (tertiary/aromatic N) is 1. The van der Waals surface area contributed by atoms with Gasteiger partial charge in [-0.15, -0.1) is 0 Å². The van der Waals surface area contributed by atoms with Crippen molar-refractivity contribution >= 4 is 56.2 Å². The first-order valence-electron chi connectivity index (χ1n) is 9.92. The first-order valence-corrected chi connectivity index (χ1v) is 11.8. The lowest BCUT2D eigenvalue weighted by molar-refractivity contribution is -0.112. The molecule has 1 amide bonds. The van der Waals surface area contributed by atoms with Crippen LogP contribution in [0.1, 0.15) is 18.1 Å². The van der Waals surface area contributed by atoms with E-state index in [1.807, 2.05) is 19.1 Å². The first-order chi connectivity index (χ1) is 15.9. The third kappa shape index (κ3) is 7.04. The van der Waals surface area contributed by atoms with E-state index in [0.29, 0.717) is 33.8 Å². The van der Waals surface area contributed by atoms with Crippen LogP contribution in [-0.4, -0.2) is 12.5 Å². The maximum Gasteiger partial charge on any atom is 0.266 e. The monoisotopic (exact) mass is 620 g/mol. The average molecular weight is 621 g/mol. The lowest BCUT2D eigenvalue weighted by atomic mass is 10.1. The molecule has 0 fully saturated rings. The van der Waals surface area contributed by atoms with Crippen LogP contribution in [0.5, 0.6) is 11.5 Å². The van der Waals surface area contributed by atoms with Crippen LogP contribution in [0.3, 0.4) is 0 Å². The molecular weight excluding hydrogens is 602 g/mol. The van der Waals surface area contributed by atoms with E-state index < -0.39 is 5.91 Å². The van der Waals surface area contributed by atoms with Crippen molar-refractivity contribution in [3.63, 3.8) is 0 Å². The Morgan fingerprint density at radius 2 is 1.94 bits per heavy atom. The summed E-state index contributed by atoms with van der Waals surface area (Å²) in [5.74, 6) is 0.430. The van der Waals surface area contributed by atoms with E-state index in [2.05, 4.69) is 43.8 Å². The Kier molecular flexibility index (Phi) is 8.86. The number of hydrogen-bond acceptors (Lipinski definition) is 4. The molecule has 3 aromatic carbocycles. The van der Waals surface area contributed by atoms with Crippen molar-refractivity contribution in [1.29, 1.82) is 5.26 Å². The molecule has 0 aliphatic carbocycles. The van der Waals surface area contributed by atoms with Crippen molar-refractivity contribution in [2.75, 3.05) is 11.9 Å². The van der Waals surface area contributed by atoms with E-state index in [0.717, 1.165) is 9.13 Å². The van der Waals surface area contributed by atoms with Gasteiger partial charge >= 0.3 is 0 Å². The lowest BCUT2D eigenvalue weighted by Gasteiger charge is -2.12. The number of carbonyl (C=O) groups excluding carboxylic acids is 1. The quantitative estimate of drug-likeness (QED) is 0.172. The second-order valence-corrected chi connectivity index (χ2v) is 8.83. The molecule has 5 nitrogen and oxygen atoms in total. The first kappa shape index (κ1) is 24.7. The number of benzene rings is 3. The van der Waals surface area contributed by atoms with E-state index >= 15 is 0 Å². The highest BCUT2D eigenvalue weighted by atomic mass is 127. The van der Waals surface area contributed by atoms with Crippen molar-refractivity contribution in [2.45, 2.75) is 13.5 Å². The summed E-state index contributed by atoms with van der Waals surface area (Å²) in [6, 6.07) is 18.6. The van der Waals surface area contributed by atoms with Crippen molar-refractivity contribution in [1.82, 2.24) is 0 Å². The predicted molar refractivity (Wildman–Crippen MR) is 137 cm³/mol. The Hall–Kier alpha value is -2.90. The fourth-order valence-electron chi connectivity index (χ4n) is 2.88.